The van der Waals surface area contributed by atoms with Crippen molar-refractivity contribution in [2.24, 2.45) is 5.41 Å². The molecule has 0 amide bonds. The van der Waals surface area contributed by atoms with Crippen LogP contribution in [0.1, 0.15) is 87.0 Å². The largest absolute Gasteiger partial charge is 0.197 e. The molecule has 20 heavy (non-hydrogen) atoms. The summed E-state index contributed by atoms with van der Waals surface area (Å²) < 4.78 is 0. The van der Waals surface area contributed by atoms with Crippen molar-refractivity contribution in [1.82, 2.24) is 0 Å². The summed E-state index contributed by atoms with van der Waals surface area (Å²) in [4.78, 5) is 0. The Morgan fingerprint density at radius 1 is 0.750 bits per heavy atom. The molecule has 0 radical (unpaired) electrons. The van der Waals surface area contributed by atoms with Crippen LogP contribution in [0.3, 0.4) is 0 Å². The molecule has 0 saturated carbocycles. The minimum absolute atomic E-state index is 0.276. The lowest BCUT2D eigenvalue weighted by Gasteiger charge is -2.41. The molecule has 0 heterocycles. The molecule has 0 nitrogen and oxygen atoms in total. The third-order valence-electron chi connectivity index (χ3n) is 4.90. The zero-order valence-electron chi connectivity index (χ0n) is 15.1. The van der Waals surface area contributed by atoms with Crippen molar-refractivity contribution in [2.75, 3.05) is 0 Å². The Labute approximate surface area is 129 Å². The molecule has 0 unspecified atom stereocenters. The van der Waals surface area contributed by atoms with E-state index in [4.69, 9.17) is 0 Å². The Hall–Kier alpha value is -0.455. The zero-order chi connectivity index (χ0) is 15.6. The fraction of sp³-hybridized carbons (Fsp3) is 0.789. The molecule has 0 aromatic heterocycles. The maximum atomic E-state index is 2.45. The van der Waals surface area contributed by atoms with E-state index in [2.05, 4.69) is 72.6 Å². The van der Waals surface area contributed by atoms with E-state index < -0.39 is 0 Å². The van der Waals surface area contributed by atoms with Crippen molar-refractivity contribution >= 4 is 6.71 Å². The first-order valence-electron chi connectivity index (χ1n) is 8.60. The van der Waals surface area contributed by atoms with Gasteiger partial charge in [0.15, 0.2) is 6.71 Å². The number of unbranched alkanes of at least 4 members (excludes halogenated alkanes) is 4. The van der Waals surface area contributed by atoms with E-state index in [1.165, 1.54) is 38.5 Å². The summed E-state index contributed by atoms with van der Waals surface area (Å²) in [5, 5.41) is 0.276. The predicted octanol–water partition coefficient (Wildman–Crippen LogP) is 6.88. The van der Waals surface area contributed by atoms with E-state index >= 15 is 0 Å². The smallest absolute Gasteiger partial charge is 0.114 e. The van der Waals surface area contributed by atoms with Gasteiger partial charge in [-0.15, -0.1) is 12.0 Å². The normalized spacial score (nSPS) is 13.6. The standard InChI is InChI=1S/C19H37B/c1-8-10-12-14-16-20(17-15-13-11-9-2)19(6,7)18(3,4)5/h14-17H,8-13H2,1-7H3/b16-14+,17-15+. The molecule has 116 valence electrons. The van der Waals surface area contributed by atoms with Crippen LogP contribution in [0.4, 0.5) is 0 Å². The number of allylic oxidation sites excluding steroid dienone is 2. The van der Waals surface area contributed by atoms with E-state index in [1.54, 1.807) is 0 Å². The van der Waals surface area contributed by atoms with Gasteiger partial charge < -0.3 is 0 Å². The van der Waals surface area contributed by atoms with Crippen molar-refractivity contribution in [3.05, 3.63) is 24.1 Å². The van der Waals surface area contributed by atoms with Crippen molar-refractivity contribution < 1.29 is 0 Å². The van der Waals surface area contributed by atoms with Crippen molar-refractivity contribution in [1.29, 1.82) is 0 Å². The number of hydrogen-bond acceptors (Lipinski definition) is 0. The second-order valence-corrected chi connectivity index (χ2v) is 7.64. The van der Waals surface area contributed by atoms with E-state index in [1.807, 2.05) is 0 Å². The zero-order valence-corrected chi connectivity index (χ0v) is 15.1. The highest BCUT2D eigenvalue weighted by atomic mass is 14.3. The van der Waals surface area contributed by atoms with Crippen LogP contribution in [0.15, 0.2) is 24.1 Å². The lowest BCUT2D eigenvalue weighted by atomic mass is 9.29. The first kappa shape index (κ1) is 19.5. The molecule has 1 heteroatoms. The monoisotopic (exact) mass is 276 g/mol. The average molecular weight is 276 g/mol. The Bertz CT molecular complexity index is 273. The van der Waals surface area contributed by atoms with Crippen LogP contribution in [0.2, 0.25) is 5.31 Å². The Morgan fingerprint density at radius 2 is 1.15 bits per heavy atom. The molecular weight excluding hydrogens is 239 g/mol. The van der Waals surface area contributed by atoms with Crippen LogP contribution in [0.5, 0.6) is 0 Å². The van der Waals surface area contributed by atoms with Gasteiger partial charge in [0.05, 0.1) is 0 Å². The Kier molecular flexibility index (Phi) is 9.26. The molecule has 0 atom stereocenters. The molecule has 0 fully saturated rings. The Morgan fingerprint density at radius 3 is 1.45 bits per heavy atom. The number of rotatable bonds is 9. The highest BCUT2D eigenvalue weighted by Crippen LogP contribution is 2.47. The second kappa shape index (κ2) is 9.48. The Balaban J connectivity index is 4.87. The highest BCUT2D eigenvalue weighted by Gasteiger charge is 2.39. The molecule has 0 aromatic rings. The lowest BCUT2D eigenvalue weighted by Crippen LogP contribution is -2.36. The summed E-state index contributed by atoms with van der Waals surface area (Å²) in [5.74, 6) is 4.90. The molecular formula is C19H37B. The van der Waals surface area contributed by atoms with E-state index in [9.17, 15) is 0 Å². The lowest BCUT2D eigenvalue weighted by molar-refractivity contribution is 0.296. The highest BCUT2D eigenvalue weighted by molar-refractivity contribution is 6.72. The van der Waals surface area contributed by atoms with Crippen LogP contribution in [-0.2, 0) is 0 Å². The summed E-state index contributed by atoms with van der Waals surface area (Å²) in [5.41, 5.74) is 0.307. The van der Waals surface area contributed by atoms with Crippen LogP contribution < -0.4 is 0 Å². The molecule has 0 aliphatic rings. The third-order valence-corrected chi connectivity index (χ3v) is 4.90. The topological polar surface area (TPSA) is 0 Å². The van der Waals surface area contributed by atoms with Crippen LogP contribution in [0.25, 0.3) is 0 Å². The maximum absolute atomic E-state index is 2.45. The molecule has 0 N–H and O–H groups in total. The van der Waals surface area contributed by atoms with Gasteiger partial charge in [-0.2, -0.15) is 0 Å². The van der Waals surface area contributed by atoms with E-state index in [0.717, 1.165) is 0 Å². The maximum Gasteiger partial charge on any atom is 0.197 e. The van der Waals surface area contributed by atoms with Crippen molar-refractivity contribution in [3.8, 4) is 0 Å². The molecule has 0 rings (SSSR count). The molecule has 0 bridgehead atoms. The van der Waals surface area contributed by atoms with Gasteiger partial charge in [-0.25, -0.2) is 0 Å². The minimum atomic E-state index is 0.276. The fourth-order valence-electron chi connectivity index (χ4n) is 2.17. The summed E-state index contributed by atoms with van der Waals surface area (Å²) in [6.45, 7) is 17.0. The van der Waals surface area contributed by atoms with E-state index in [-0.39, 0.29) is 5.31 Å². The third kappa shape index (κ3) is 6.82. The summed E-state index contributed by atoms with van der Waals surface area (Å²) in [7, 11) is 0. The van der Waals surface area contributed by atoms with Crippen molar-refractivity contribution in [3.63, 3.8) is 0 Å². The van der Waals surface area contributed by atoms with Crippen LogP contribution in [-0.4, -0.2) is 6.71 Å². The second-order valence-electron chi connectivity index (χ2n) is 7.64. The van der Waals surface area contributed by atoms with E-state index in [0.29, 0.717) is 12.1 Å². The number of hydrogen-bond donors (Lipinski definition) is 0. The summed E-state index contributed by atoms with van der Waals surface area (Å²) >= 11 is 0. The van der Waals surface area contributed by atoms with Gasteiger partial charge in [0.2, 0.25) is 0 Å². The predicted molar refractivity (Wildman–Crippen MR) is 96.6 cm³/mol. The van der Waals surface area contributed by atoms with Gasteiger partial charge in [0.1, 0.15) is 0 Å². The molecule has 0 aliphatic carbocycles. The summed E-state index contributed by atoms with van der Waals surface area (Å²) in [6, 6.07) is 0. The van der Waals surface area contributed by atoms with Gasteiger partial charge in [0.25, 0.3) is 0 Å². The van der Waals surface area contributed by atoms with Gasteiger partial charge in [-0.05, 0) is 23.6 Å². The quantitative estimate of drug-likeness (QED) is 0.318. The molecule has 0 spiro atoms. The van der Waals surface area contributed by atoms with Gasteiger partial charge in [-0.3, -0.25) is 0 Å². The first-order chi connectivity index (χ1) is 9.27. The molecule has 0 saturated heterocycles. The van der Waals surface area contributed by atoms with Gasteiger partial charge in [-0.1, -0.05) is 86.3 Å². The van der Waals surface area contributed by atoms with Gasteiger partial charge >= 0.3 is 0 Å². The van der Waals surface area contributed by atoms with Gasteiger partial charge in [0, 0.05) is 0 Å². The SMILES string of the molecule is CCCC/C=C/B(/C=C/CCCC)C(C)(C)C(C)(C)C. The summed E-state index contributed by atoms with van der Waals surface area (Å²) in [6.07, 6.45) is 12.4. The molecule has 0 aliphatic heterocycles. The molecule has 0 aromatic carbocycles. The minimum Gasteiger partial charge on any atom is -0.114 e. The van der Waals surface area contributed by atoms with Crippen molar-refractivity contribution in [2.45, 2.75) is 92.3 Å². The fourth-order valence-corrected chi connectivity index (χ4v) is 2.17. The average Bonchev–Trinajstić information content (AvgIpc) is 2.35. The van der Waals surface area contributed by atoms with Crippen LogP contribution in [0, 0.1) is 5.41 Å². The first-order valence-corrected chi connectivity index (χ1v) is 8.60. The van der Waals surface area contributed by atoms with Crippen LogP contribution >= 0.6 is 0 Å².